The monoisotopic (exact) mass is 346 g/mol. The van der Waals surface area contributed by atoms with E-state index in [1.165, 1.54) is 6.07 Å². The Hall–Kier alpha value is -3.34. The van der Waals surface area contributed by atoms with Crippen molar-refractivity contribution in [1.82, 2.24) is 4.98 Å². The van der Waals surface area contributed by atoms with Gasteiger partial charge in [-0.1, -0.05) is 6.07 Å². The molecule has 2 rings (SSSR count). The normalized spacial score (nSPS) is 10.3. The number of hydrogen-bond donors (Lipinski definition) is 2. The standard InChI is InChI=1S/C17H12F2N2O4/c18-12-2-1-3-13(19)11(12)7-10-6-9(8-20)17(25)16(21-10)14(22)4-5-15(23)24/h1-3,6,25H,4-5,7H2,(H,23,24). The molecule has 128 valence electrons. The Bertz CT molecular complexity index is 871. The summed E-state index contributed by atoms with van der Waals surface area (Å²) in [5.41, 5.74) is -1.09. The number of carbonyl (C=O) groups excluding carboxylic acids is 1. The summed E-state index contributed by atoms with van der Waals surface area (Å²) in [6, 6.07) is 6.10. The molecule has 8 heteroatoms. The highest BCUT2D eigenvalue weighted by Crippen LogP contribution is 2.25. The lowest BCUT2D eigenvalue weighted by atomic mass is 10.0. The van der Waals surface area contributed by atoms with Crippen LogP contribution < -0.4 is 0 Å². The maximum atomic E-state index is 13.8. The van der Waals surface area contributed by atoms with E-state index in [0.29, 0.717) is 0 Å². The van der Waals surface area contributed by atoms with Gasteiger partial charge in [-0.3, -0.25) is 9.59 Å². The van der Waals surface area contributed by atoms with Gasteiger partial charge in [-0.15, -0.1) is 0 Å². The molecule has 2 N–H and O–H groups in total. The number of benzene rings is 1. The molecule has 0 radical (unpaired) electrons. The number of halogens is 2. The lowest BCUT2D eigenvalue weighted by Crippen LogP contribution is -2.09. The highest BCUT2D eigenvalue weighted by atomic mass is 19.1. The maximum absolute atomic E-state index is 13.8. The number of carboxylic acid groups (broad SMARTS) is 1. The van der Waals surface area contributed by atoms with Crippen LogP contribution in [0.5, 0.6) is 5.75 Å². The molecule has 0 saturated heterocycles. The van der Waals surface area contributed by atoms with E-state index in [9.17, 15) is 23.5 Å². The smallest absolute Gasteiger partial charge is 0.303 e. The number of ketones is 1. The van der Waals surface area contributed by atoms with Gasteiger partial charge in [-0.2, -0.15) is 5.26 Å². The molecule has 0 atom stereocenters. The number of aliphatic carboxylic acids is 1. The zero-order valence-corrected chi connectivity index (χ0v) is 12.8. The fourth-order valence-electron chi connectivity index (χ4n) is 2.18. The zero-order valence-electron chi connectivity index (χ0n) is 12.8. The van der Waals surface area contributed by atoms with Gasteiger partial charge in [-0.05, 0) is 18.2 Å². The van der Waals surface area contributed by atoms with Gasteiger partial charge in [-0.25, -0.2) is 13.8 Å². The molecule has 25 heavy (non-hydrogen) atoms. The molecule has 0 fully saturated rings. The maximum Gasteiger partial charge on any atom is 0.303 e. The molecule has 0 spiro atoms. The minimum Gasteiger partial charge on any atom is -0.504 e. The number of nitriles is 1. The predicted molar refractivity (Wildman–Crippen MR) is 81.0 cm³/mol. The fourth-order valence-corrected chi connectivity index (χ4v) is 2.18. The Morgan fingerprint density at radius 3 is 2.40 bits per heavy atom. The first-order chi connectivity index (χ1) is 11.8. The summed E-state index contributed by atoms with van der Waals surface area (Å²) in [6.07, 6.45) is -1.25. The third kappa shape index (κ3) is 4.14. The summed E-state index contributed by atoms with van der Waals surface area (Å²) in [4.78, 5) is 26.4. The number of pyridine rings is 1. The van der Waals surface area contributed by atoms with Crippen molar-refractivity contribution in [2.24, 2.45) is 0 Å². The predicted octanol–water partition coefficient (Wildman–Crippen LogP) is 2.58. The van der Waals surface area contributed by atoms with Crippen molar-refractivity contribution in [2.45, 2.75) is 19.3 Å². The van der Waals surface area contributed by atoms with E-state index < -0.39 is 47.7 Å². The minimum atomic E-state index is -1.21. The van der Waals surface area contributed by atoms with E-state index in [2.05, 4.69) is 4.98 Å². The molecule has 6 nitrogen and oxygen atoms in total. The number of hydrogen-bond acceptors (Lipinski definition) is 5. The van der Waals surface area contributed by atoms with Crippen LogP contribution in [0.4, 0.5) is 8.78 Å². The lowest BCUT2D eigenvalue weighted by molar-refractivity contribution is -0.136. The Kier molecular flexibility index (Phi) is 5.39. The molecule has 0 unspecified atom stereocenters. The second-order valence-corrected chi connectivity index (χ2v) is 5.16. The Balaban J connectivity index is 2.43. The van der Waals surface area contributed by atoms with Crippen LogP contribution in [-0.2, 0) is 11.2 Å². The Labute approximate surface area is 141 Å². The van der Waals surface area contributed by atoms with Crippen molar-refractivity contribution in [1.29, 1.82) is 5.26 Å². The summed E-state index contributed by atoms with van der Waals surface area (Å²) in [5.74, 6) is -4.31. The van der Waals surface area contributed by atoms with E-state index >= 15 is 0 Å². The first kappa shape index (κ1) is 18.0. The largest absolute Gasteiger partial charge is 0.504 e. The van der Waals surface area contributed by atoms with Gasteiger partial charge in [0.25, 0.3) is 0 Å². The van der Waals surface area contributed by atoms with E-state index in [1.54, 1.807) is 6.07 Å². The summed E-state index contributed by atoms with van der Waals surface area (Å²) < 4.78 is 27.5. The molecule has 1 heterocycles. The second kappa shape index (κ2) is 7.49. The van der Waals surface area contributed by atoms with E-state index in [4.69, 9.17) is 10.4 Å². The van der Waals surface area contributed by atoms with Crippen LogP contribution in [0, 0.1) is 23.0 Å². The average molecular weight is 346 g/mol. The van der Waals surface area contributed by atoms with Crippen LogP contribution in [0.2, 0.25) is 0 Å². The van der Waals surface area contributed by atoms with Gasteiger partial charge >= 0.3 is 5.97 Å². The minimum absolute atomic E-state index is 0.00275. The zero-order chi connectivity index (χ0) is 18.6. The van der Waals surface area contributed by atoms with Crippen molar-refractivity contribution >= 4 is 11.8 Å². The molecule has 1 aromatic heterocycles. The summed E-state index contributed by atoms with van der Waals surface area (Å²) in [5, 5.41) is 27.6. The number of rotatable bonds is 6. The van der Waals surface area contributed by atoms with Gasteiger partial charge in [0.05, 0.1) is 12.0 Å². The van der Waals surface area contributed by atoms with Crippen molar-refractivity contribution in [2.75, 3.05) is 0 Å². The van der Waals surface area contributed by atoms with Crippen molar-refractivity contribution in [3.63, 3.8) is 0 Å². The molecule has 0 aliphatic carbocycles. The molecule has 0 aliphatic heterocycles. The molecule has 2 aromatic rings. The van der Waals surface area contributed by atoms with E-state index in [1.807, 2.05) is 0 Å². The Morgan fingerprint density at radius 2 is 1.84 bits per heavy atom. The molecule has 0 saturated carbocycles. The summed E-state index contributed by atoms with van der Waals surface area (Å²) in [7, 11) is 0. The first-order valence-corrected chi connectivity index (χ1v) is 7.14. The van der Waals surface area contributed by atoms with Crippen LogP contribution in [0.15, 0.2) is 24.3 Å². The Morgan fingerprint density at radius 1 is 1.20 bits per heavy atom. The number of aromatic hydroxyl groups is 1. The quantitative estimate of drug-likeness (QED) is 0.778. The molecule has 0 aliphatic rings. The molecular formula is C17H12F2N2O4. The number of carbonyl (C=O) groups is 2. The van der Waals surface area contributed by atoms with Crippen molar-refractivity contribution in [3.8, 4) is 11.8 Å². The first-order valence-electron chi connectivity index (χ1n) is 7.14. The lowest BCUT2D eigenvalue weighted by Gasteiger charge is -2.09. The van der Waals surface area contributed by atoms with Crippen LogP contribution in [-0.4, -0.2) is 26.9 Å². The van der Waals surface area contributed by atoms with Gasteiger partial charge < -0.3 is 10.2 Å². The van der Waals surface area contributed by atoms with Crippen molar-refractivity contribution in [3.05, 3.63) is 58.4 Å². The average Bonchev–Trinajstić information content (AvgIpc) is 2.57. The van der Waals surface area contributed by atoms with Crippen molar-refractivity contribution < 1.29 is 28.6 Å². The third-order valence-corrected chi connectivity index (χ3v) is 3.42. The number of carboxylic acids is 1. The number of Topliss-reactive ketones (excluding diaryl/α,β-unsaturated/α-hetero) is 1. The highest BCUT2D eigenvalue weighted by Gasteiger charge is 2.20. The van der Waals surface area contributed by atoms with Gasteiger partial charge in [0, 0.05) is 24.1 Å². The van der Waals surface area contributed by atoms with Gasteiger partial charge in [0.2, 0.25) is 0 Å². The molecule has 1 aromatic carbocycles. The number of aromatic nitrogens is 1. The van der Waals surface area contributed by atoms with E-state index in [-0.39, 0.29) is 23.2 Å². The second-order valence-electron chi connectivity index (χ2n) is 5.16. The SMILES string of the molecule is N#Cc1cc(Cc2c(F)cccc2F)nc(C(=O)CCC(=O)O)c1O. The third-order valence-electron chi connectivity index (χ3n) is 3.42. The molecule has 0 bridgehead atoms. The molecule has 0 amide bonds. The van der Waals surface area contributed by atoms with E-state index in [0.717, 1.165) is 18.2 Å². The van der Waals surface area contributed by atoms with Crippen LogP contribution >= 0.6 is 0 Å². The van der Waals surface area contributed by atoms with Crippen LogP contribution in [0.3, 0.4) is 0 Å². The van der Waals surface area contributed by atoms with Crippen LogP contribution in [0.25, 0.3) is 0 Å². The van der Waals surface area contributed by atoms with Gasteiger partial charge in [0.15, 0.2) is 11.5 Å². The summed E-state index contributed by atoms with van der Waals surface area (Å²) >= 11 is 0. The van der Waals surface area contributed by atoms with Crippen LogP contribution in [0.1, 0.15) is 40.2 Å². The highest BCUT2D eigenvalue weighted by molar-refractivity contribution is 5.98. The summed E-state index contributed by atoms with van der Waals surface area (Å²) in [6.45, 7) is 0. The number of nitrogens with zero attached hydrogens (tertiary/aromatic N) is 2. The van der Waals surface area contributed by atoms with Gasteiger partial charge in [0.1, 0.15) is 23.4 Å². The topological polar surface area (TPSA) is 111 Å². The molecular weight excluding hydrogens is 334 g/mol. The fraction of sp³-hybridized carbons (Fsp3) is 0.176.